The molecule has 1 aromatic heterocycles. The van der Waals surface area contributed by atoms with Crippen LogP contribution in [-0.4, -0.2) is 35.2 Å². The minimum Gasteiger partial charge on any atom is -0.465 e. The van der Waals surface area contributed by atoms with Crippen LogP contribution in [-0.2, 0) is 24.9 Å². The van der Waals surface area contributed by atoms with Gasteiger partial charge >= 0.3 is 5.97 Å². The number of rotatable bonds is 7. The number of carbonyl (C=O) groups excluding carboxylic acids is 1. The zero-order valence-corrected chi connectivity index (χ0v) is 18.2. The van der Waals surface area contributed by atoms with E-state index in [1.165, 1.54) is 7.11 Å². The van der Waals surface area contributed by atoms with Crippen molar-refractivity contribution in [2.24, 2.45) is 0 Å². The van der Waals surface area contributed by atoms with Crippen LogP contribution in [0.15, 0.2) is 40.6 Å². The Morgan fingerprint density at radius 3 is 2.54 bits per heavy atom. The predicted octanol–water partition coefficient (Wildman–Crippen LogP) is 4.29. The lowest BCUT2D eigenvalue weighted by molar-refractivity contribution is 0.0607. The molecule has 0 amide bonds. The van der Waals surface area contributed by atoms with E-state index < -0.39 is 16.0 Å². The van der Waals surface area contributed by atoms with E-state index in [1.54, 1.807) is 42.8 Å². The number of carbonyl (C=O) groups is 1. The van der Waals surface area contributed by atoms with Gasteiger partial charge in [0.25, 0.3) is 10.0 Å². The highest BCUT2D eigenvalue weighted by Gasteiger charge is 2.24. The molecule has 0 aliphatic heterocycles. The highest BCUT2D eigenvalue weighted by Crippen LogP contribution is 2.30. The number of thiophene rings is 1. The van der Waals surface area contributed by atoms with Gasteiger partial charge in [0.2, 0.25) is 0 Å². The van der Waals surface area contributed by atoms with Crippen molar-refractivity contribution in [3.05, 3.63) is 51.7 Å². The van der Waals surface area contributed by atoms with E-state index in [-0.39, 0.29) is 20.9 Å². The van der Waals surface area contributed by atoms with Crippen LogP contribution in [0.3, 0.4) is 0 Å². The normalized spacial score (nSPS) is 12.3. The van der Waals surface area contributed by atoms with Gasteiger partial charge < -0.3 is 9.47 Å². The third kappa shape index (κ3) is 5.21. The molecular formula is C20H25NO5S2. The summed E-state index contributed by atoms with van der Waals surface area (Å²) < 4.78 is 38.3. The first-order chi connectivity index (χ1) is 13.1. The summed E-state index contributed by atoms with van der Waals surface area (Å²) in [6.07, 6.45) is 3.48. The van der Waals surface area contributed by atoms with Crippen LogP contribution in [0.25, 0.3) is 6.08 Å². The van der Waals surface area contributed by atoms with Gasteiger partial charge in [-0.3, -0.25) is 4.72 Å². The summed E-state index contributed by atoms with van der Waals surface area (Å²) in [6.45, 7) is 6.55. The highest BCUT2D eigenvalue weighted by molar-refractivity contribution is 7.92. The van der Waals surface area contributed by atoms with Crippen LogP contribution in [0.5, 0.6) is 0 Å². The molecule has 8 heteroatoms. The summed E-state index contributed by atoms with van der Waals surface area (Å²) in [5.41, 5.74) is 1.62. The lowest BCUT2D eigenvalue weighted by Gasteiger charge is -2.21. The number of methoxy groups -OCH3 is 2. The molecule has 0 fully saturated rings. The molecule has 0 saturated carbocycles. The van der Waals surface area contributed by atoms with Crippen molar-refractivity contribution in [1.82, 2.24) is 0 Å². The largest absolute Gasteiger partial charge is 0.465 e. The van der Waals surface area contributed by atoms with Gasteiger partial charge in [0.15, 0.2) is 0 Å². The zero-order valence-electron chi connectivity index (χ0n) is 16.6. The molecule has 1 N–H and O–H groups in total. The topological polar surface area (TPSA) is 81.7 Å². The van der Waals surface area contributed by atoms with Gasteiger partial charge in [-0.05, 0) is 40.1 Å². The Balaban J connectivity index is 2.49. The molecule has 0 atom stereocenters. The van der Waals surface area contributed by atoms with Gasteiger partial charge in [-0.25, -0.2) is 13.2 Å². The van der Waals surface area contributed by atoms with Gasteiger partial charge in [0.05, 0.1) is 24.3 Å². The van der Waals surface area contributed by atoms with Crippen molar-refractivity contribution in [3.63, 3.8) is 0 Å². The molecule has 2 aromatic rings. The number of hydrogen-bond acceptors (Lipinski definition) is 6. The minimum absolute atomic E-state index is 0.120. The maximum atomic E-state index is 13.1. The summed E-state index contributed by atoms with van der Waals surface area (Å²) in [4.78, 5) is 12.2. The zero-order chi connectivity index (χ0) is 20.9. The summed E-state index contributed by atoms with van der Waals surface area (Å²) in [5.74, 6) is -0.587. The number of nitrogens with one attached hydrogen (secondary N) is 1. The standard InChI is InChI=1S/C20H25NO5S2/c1-20(2,3)15-8-9-17(14(13-15)7-6-11-25-4)28(23,24)21-16-10-12-27-18(16)19(22)26-5/h6-10,12-13,21H,11H2,1-5H3. The number of esters is 1. The molecule has 152 valence electrons. The maximum absolute atomic E-state index is 13.1. The van der Waals surface area contributed by atoms with Crippen molar-refractivity contribution in [2.45, 2.75) is 31.1 Å². The Morgan fingerprint density at radius 2 is 1.93 bits per heavy atom. The molecule has 0 aliphatic rings. The van der Waals surface area contributed by atoms with E-state index in [2.05, 4.69) is 25.5 Å². The second-order valence-corrected chi connectivity index (χ2v) is 9.69. The number of anilines is 1. The Kier molecular flexibility index (Phi) is 7.03. The van der Waals surface area contributed by atoms with Gasteiger partial charge in [-0.2, -0.15) is 0 Å². The van der Waals surface area contributed by atoms with Crippen LogP contribution in [0.4, 0.5) is 5.69 Å². The van der Waals surface area contributed by atoms with Gasteiger partial charge in [0, 0.05) is 7.11 Å². The molecule has 0 bridgehead atoms. The molecule has 1 heterocycles. The predicted molar refractivity (Wildman–Crippen MR) is 113 cm³/mol. The molecule has 0 aliphatic carbocycles. The summed E-state index contributed by atoms with van der Waals surface area (Å²) in [6, 6.07) is 6.78. The number of ether oxygens (including phenoxy) is 2. The van der Waals surface area contributed by atoms with Crippen molar-refractivity contribution >= 4 is 39.1 Å². The Bertz CT molecular complexity index is 969. The van der Waals surface area contributed by atoms with Crippen molar-refractivity contribution < 1.29 is 22.7 Å². The van der Waals surface area contributed by atoms with E-state index in [9.17, 15) is 13.2 Å². The fourth-order valence-electron chi connectivity index (χ4n) is 2.50. The number of sulfonamides is 1. The molecule has 6 nitrogen and oxygen atoms in total. The highest BCUT2D eigenvalue weighted by atomic mass is 32.2. The first kappa shape index (κ1) is 22.1. The second kappa shape index (κ2) is 8.89. The molecule has 0 saturated heterocycles. The number of hydrogen-bond donors (Lipinski definition) is 1. The minimum atomic E-state index is -3.92. The van der Waals surface area contributed by atoms with Crippen LogP contribution >= 0.6 is 11.3 Å². The Labute approximate surface area is 170 Å². The van der Waals surface area contributed by atoms with Gasteiger partial charge in [-0.15, -0.1) is 11.3 Å². The second-order valence-electron chi connectivity index (χ2n) is 7.12. The van der Waals surface area contributed by atoms with Crippen LogP contribution in [0.1, 0.15) is 41.6 Å². The molecule has 0 spiro atoms. The fourth-order valence-corrected chi connectivity index (χ4v) is 4.59. The van der Waals surface area contributed by atoms with Crippen LogP contribution in [0, 0.1) is 0 Å². The maximum Gasteiger partial charge on any atom is 0.350 e. The first-order valence-electron chi connectivity index (χ1n) is 8.59. The quantitative estimate of drug-likeness (QED) is 0.672. The average Bonchev–Trinajstić information content (AvgIpc) is 3.07. The molecule has 1 aromatic carbocycles. The van der Waals surface area contributed by atoms with E-state index >= 15 is 0 Å². The smallest absolute Gasteiger partial charge is 0.350 e. The van der Waals surface area contributed by atoms with Crippen LogP contribution in [0.2, 0.25) is 0 Å². The summed E-state index contributed by atoms with van der Waals surface area (Å²) in [7, 11) is -1.10. The van der Waals surface area contributed by atoms with Crippen molar-refractivity contribution in [2.75, 3.05) is 25.5 Å². The van der Waals surface area contributed by atoms with E-state index in [0.29, 0.717) is 12.2 Å². The third-order valence-corrected chi connectivity index (χ3v) is 6.34. The molecule has 2 rings (SSSR count). The first-order valence-corrected chi connectivity index (χ1v) is 10.9. The van der Waals surface area contributed by atoms with Gasteiger partial charge in [0.1, 0.15) is 4.88 Å². The molecule has 28 heavy (non-hydrogen) atoms. The summed E-state index contributed by atoms with van der Waals surface area (Å²) >= 11 is 1.11. The number of benzene rings is 1. The SMILES string of the molecule is COCC=Cc1cc(C(C)(C)C)ccc1S(=O)(=O)Nc1ccsc1C(=O)OC. The molecule has 0 unspecified atom stereocenters. The van der Waals surface area contributed by atoms with E-state index in [4.69, 9.17) is 9.47 Å². The van der Waals surface area contributed by atoms with Gasteiger partial charge in [-0.1, -0.05) is 39.0 Å². The molecular weight excluding hydrogens is 398 g/mol. The van der Waals surface area contributed by atoms with Crippen molar-refractivity contribution in [1.29, 1.82) is 0 Å². The Hall–Kier alpha value is -2.16. The third-order valence-electron chi connectivity index (χ3n) is 4.01. The Morgan fingerprint density at radius 1 is 1.21 bits per heavy atom. The molecule has 0 radical (unpaired) electrons. The fraction of sp³-hybridized carbons (Fsp3) is 0.350. The average molecular weight is 424 g/mol. The monoisotopic (exact) mass is 423 g/mol. The van der Waals surface area contributed by atoms with Crippen molar-refractivity contribution in [3.8, 4) is 0 Å². The van der Waals surface area contributed by atoms with E-state index in [1.807, 2.05) is 6.07 Å². The lowest BCUT2D eigenvalue weighted by Crippen LogP contribution is -2.17. The van der Waals surface area contributed by atoms with E-state index in [0.717, 1.165) is 16.9 Å². The van der Waals surface area contributed by atoms with Crippen LogP contribution < -0.4 is 4.72 Å². The summed E-state index contributed by atoms with van der Waals surface area (Å²) in [5, 5.41) is 1.63. The lowest BCUT2D eigenvalue weighted by atomic mass is 9.86.